The second kappa shape index (κ2) is 5.23. The Balaban J connectivity index is 2.14. The van der Waals surface area contributed by atoms with E-state index in [0.717, 1.165) is 16.9 Å². The summed E-state index contributed by atoms with van der Waals surface area (Å²) in [6.07, 6.45) is 0. The predicted molar refractivity (Wildman–Crippen MR) is 71.5 cm³/mol. The highest BCUT2D eigenvalue weighted by Gasteiger charge is 2.12. The maximum absolute atomic E-state index is 11.0. The first-order valence-corrected chi connectivity index (χ1v) is 6.46. The third-order valence-electron chi connectivity index (χ3n) is 2.88. The van der Waals surface area contributed by atoms with Gasteiger partial charge >= 0.3 is 5.97 Å². The van der Waals surface area contributed by atoms with Crippen molar-refractivity contribution in [3.63, 3.8) is 0 Å². The first-order chi connectivity index (χ1) is 8.59. The summed E-state index contributed by atoms with van der Waals surface area (Å²) >= 11 is 1.22. The summed E-state index contributed by atoms with van der Waals surface area (Å²) in [4.78, 5) is 11.3. The third-order valence-corrected chi connectivity index (χ3v) is 3.82. The number of ether oxygens (including phenoxy) is 1. The van der Waals surface area contributed by atoms with Gasteiger partial charge in [0.2, 0.25) is 0 Å². The molecule has 0 atom stereocenters. The molecule has 4 heteroatoms. The van der Waals surface area contributed by atoms with E-state index < -0.39 is 5.97 Å². The van der Waals surface area contributed by atoms with E-state index in [2.05, 4.69) is 0 Å². The fraction of sp³-hybridized carbons (Fsp3) is 0.214. The van der Waals surface area contributed by atoms with Gasteiger partial charge in [-0.25, -0.2) is 4.79 Å². The lowest BCUT2D eigenvalue weighted by molar-refractivity contribution is 0.0699. The van der Waals surface area contributed by atoms with Crippen molar-refractivity contribution in [2.45, 2.75) is 20.5 Å². The topological polar surface area (TPSA) is 46.5 Å². The Kier molecular flexibility index (Phi) is 3.67. The molecule has 94 valence electrons. The van der Waals surface area contributed by atoms with Crippen LogP contribution in [0.15, 0.2) is 29.6 Å². The molecule has 1 N–H and O–H groups in total. The van der Waals surface area contributed by atoms with Crippen LogP contribution in [-0.2, 0) is 6.61 Å². The lowest BCUT2D eigenvalue weighted by Crippen LogP contribution is -2.02. The summed E-state index contributed by atoms with van der Waals surface area (Å²) in [5, 5.41) is 10.8. The Hall–Kier alpha value is -1.81. The van der Waals surface area contributed by atoms with Crippen molar-refractivity contribution in [2.75, 3.05) is 0 Å². The molecule has 0 aliphatic heterocycles. The zero-order valence-corrected chi connectivity index (χ0v) is 11.1. The van der Waals surface area contributed by atoms with Crippen LogP contribution in [0.25, 0.3) is 0 Å². The van der Waals surface area contributed by atoms with Gasteiger partial charge in [-0.2, -0.15) is 0 Å². The monoisotopic (exact) mass is 262 g/mol. The van der Waals surface area contributed by atoms with Crippen molar-refractivity contribution in [3.05, 3.63) is 51.2 Å². The minimum atomic E-state index is -0.899. The number of hydrogen-bond donors (Lipinski definition) is 1. The molecule has 0 saturated heterocycles. The molecule has 1 aromatic heterocycles. The van der Waals surface area contributed by atoms with E-state index in [9.17, 15) is 4.79 Å². The van der Waals surface area contributed by atoms with Crippen molar-refractivity contribution in [1.29, 1.82) is 0 Å². The number of aromatic carboxylic acids is 1. The fourth-order valence-corrected chi connectivity index (χ4v) is 2.42. The van der Waals surface area contributed by atoms with Crippen LogP contribution < -0.4 is 4.74 Å². The Morgan fingerprint density at radius 3 is 2.83 bits per heavy atom. The second-order valence-corrected chi connectivity index (χ2v) is 4.98. The zero-order chi connectivity index (χ0) is 13.1. The third kappa shape index (κ3) is 2.54. The van der Waals surface area contributed by atoms with E-state index in [1.165, 1.54) is 11.3 Å². The predicted octanol–water partition coefficient (Wildman–Crippen LogP) is 3.64. The molecule has 0 spiro atoms. The maximum Gasteiger partial charge on any atom is 0.346 e. The zero-order valence-electron chi connectivity index (χ0n) is 10.3. The van der Waals surface area contributed by atoms with Crippen molar-refractivity contribution < 1.29 is 14.6 Å². The molecule has 0 saturated carbocycles. The van der Waals surface area contributed by atoms with Crippen LogP contribution in [-0.4, -0.2) is 11.1 Å². The molecule has 0 amide bonds. The van der Waals surface area contributed by atoms with Crippen molar-refractivity contribution >= 4 is 17.3 Å². The van der Waals surface area contributed by atoms with Gasteiger partial charge < -0.3 is 9.84 Å². The van der Waals surface area contributed by atoms with Crippen LogP contribution in [0.2, 0.25) is 0 Å². The minimum Gasteiger partial charge on any atom is -0.489 e. The summed E-state index contributed by atoms with van der Waals surface area (Å²) in [7, 11) is 0. The Bertz CT molecular complexity index is 572. The average Bonchev–Trinajstić information content (AvgIpc) is 2.79. The highest BCUT2D eigenvalue weighted by atomic mass is 32.1. The number of hydrogen-bond acceptors (Lipinski definition) is 3. The smallest absolute Gasteiger partial charge is 0.346 e. The number of benzene rings is 1. The molecule has 0 aliphatic carbocycles. The lowest BCUT2D eigenvalue weighted by atomic mass is 10.1. The number of thiophene rings is 1. The van der Waals surface area contributed by atoms with E-state index >= 15 is 0 Å². The van der Waals surface area contributed by atoms with Crippen LogP contribution in [0.3, 0.4) is 0 Å². The molecule has 2 aromatic rings. The second-order valence-electron chi connectivity index (χ2n) is 4.07. The molecule has 2 rings (SSSR count). The minimum absolute atomic E-state index is 0.287. The normalized spacial score (nSPS) is 10.3. The van der Waals surface area contributed by atoms with Crippen molar-refractivity contribution in [3.8, 4) is 5.75 Å². The molecule has 18 heavy (non-hydrogen) atoms. The van der Waals surface area contributed by atoms with Crippen LogP contribution >= 0.6 is 11.3 Å². The largest absolute Gasteiger partial charge is 0.489 e. The quantitative estimate of drug-likeness (QED) is 0.915. The molecule has 1 aromatic carbocycles. The molecule has 0 unspecified atom stereocenters. The fourth-order valence-electron chi connectivity index (χ4n) is 1.67. The Morgan fingerprint density at radius 1 is 1.33 bits per heavy atom. The number of rotatable bonds is 4. The van der Waals surface area contributed by atoms with Gasteiger partial charge in [0.15, 0.2) is 0 Å². The number of carboxylic acid groups (broad SMARTS) is 1. The molecule has 3 nitrogen and oxygen atoms in total. The maximum atomic E-state index is 11.0. The summed E-state index contributed by atoms with van der Waals surface area (Å²) in [5.74, 6) is -0.0953. The van der Waals surface area contributed by atoms with Gasteiger partial charge in [-0.05, 0) is 42.5 Å². The van der Waals surface area contributed by atoms with E-state index in [-0.39, 0.29) is 6.61 Å². The molecule has 1 heterocycles. The SMILES string of the molecule is Cc1cccc(OCc2ccsc2C(=O)O)c1C. The standard InChI is InChI=1S/C14H14O3S/c1-9-4-3-5-12(10(9)2)17-8-11-6-7-18-13(11)14(15)16/h3-7H,8H2,1-2H3,(H,15,16). The molecule has 0 bridgehead atoms. The highest BCUT2D eigenvalue weighted by Crippen LogP contribution is 2.23. The van der Waals surface area contributed by atoms with Crippen molar-refractivity contribution in [1.82, 2.24) is 0 Å². The van der Waals surface area contributed by atoms with Crippen LogP contribution in [0.1, 0.15) is 26.4 Å². The van der Waals surface area contributed by atoms with E-state index in [0.29, 0.717) is 10.4 Å². The number of carbonyl (C=O) groups is 1. The molecular weight excluding hydrogens is 248 g/mol. The average molecular weight is 262 g/mol. The molecule has 0 aliphatic rings. The molecule has 0 radical (unpaired) electrons. The van der Waals surface area contributed by atoms with Gasteiger partial charge in [-0.3, -0.25) is 0 Å². The van der Waals surface area contributed by atoms with E-state index in [1.807, 2.05) is 32.0 Å². The lowest BCUT2D eigenvalue weighted by Gasteiger charge is -2.10. The summed E-state index contributed by atoms with van der Waals surface area (Å²) < 4.78 is 5.70. The number of carboxylic acids is 1. The van der Waals surface area contributed by atoms with Gasteiger partial charge in [0.1, 0.15) is 17.2 Å². The van der Waals surface area contributed by atoms with Crippen LogP contribution in [0, 0.1) is 13.8 Å². The van der Waals surface area contributed by atoms with Gasteiger partial charge in [-0.15, -0.1) is 11.3 Å². The molecular formula is C14H14O3S. The number of aryl methyl sites for hydroxylation is 1. The summed E-state index contributed by atoms with van der Waals surface area (Å²) in [6.45, 7) is 4.31. The van der Waals surface area contributed by atoms with Gasteiger partial charge in [0, 0.05) is 5.56 Å². The Morgan fingerprint density at radius 2 is 2.11 bits per heavy atom. The first kappa shape index (κ1) is 12.6. The van der Waals surface area contributed by atoms with Gasteiger partial charge in [0.05, 0.1) is 0 Å². The van der Waals surface area contributed by atoms with E-state index in [1.54, 1.807) is 11.4 Å². The first-order valence-electron chi connectivity index (χ1n) is 5.58. The van der Waals surface area contributed by atoms with Gasteiger partial charge in [0.25, 0.3) is 0 Å². The summed E-state index contributed by atoms with van der Waals surface area (Å²) in [6, 6.07) is 7.65. The van der Waals surface area contributed by atoms with E-state index in [4.69, 9.17) is 9.84 Å². The van der Waals surface area contributed by atoms with Gasteiger partial charge in [-0.1, -0.05) is 12.1 Å². The Labute approximate surface area is 110 Å². The highest BCUT2D eigenvalue weighted by molar-refractivity contribution is 7.12. The summed E-state index contributed by atoms with van der Waals surface area (Å²) in [5.41, 5.74) is 2.97. The van der Waals surface area contributed by atoms with Crippen LogP contribution in [0.4, 0.5) is 0 Å². The van der Waals surface area contributed by atoms with Crippen molar-refractivity contribution in [2.24, 2.45) is 0 Å². The van der Waals surface area contributed by atoms with Crippen LogP contribution in [0.5, 0.6) is 5.75 Å². The molecule has 0 fully saturated rings.